The Balaban J connectivity index is 0.000000187. The molecule has 0 fully saturated rings. The van der Waals surface area contributed by atoms with E-state index in [0.717, 1.165) is 5.52 Å². The van der Waals surface area contributed by atoms with E-state index >= 15 is 0 Å². The van der Waals surface area contributed by atoms with Crippen LogP contribution in [0.4, 0.5) is 0 Å². The third kappa shape index (κ3) is 4.05. The number of nitrogens with zero attached hydrogens (tertiary/aromatic N) is 1. The van der Waals surface area contributed by atoms with Crippen LogP contribution in [0.2, 0.25) is 0 Å². The van der Waals surface area contributed by atoms with Crippen molar-refractivity contribution in [2.75, 3.05) is 19.8 Å². The number of hydrogen-bond acceptors (Lipinski definition) is 5. The van der Waals surface area contributed by atoms with E-state index < -0.39 is 25.4 Å². The monoisotopic (exact) mass is 250 g/mol. The summed E-state index contributed by atoms with van der Waals surface area (Å²) >= 11 is 0. The van der Waals surface area contributed by atoms with Gasteiger partial charge in [0.25, 0.3) is 0 Å². The highest BCUT2D eigenvalue weighted by molar-refractivity contribution is 5.77. The third-order valence-corrected chi connectivity index (χ3v) is 2.46. The average Bonchev–Trinajstić information content (AvgIpc) is 2.47. The summed E-state index contributed by atoms with van der Waals surface area (Å²) in [7, 11) is 0. The molecule has 0 bridgehead atoms. The maximum Gasteiger partial charge on any atom is 0.0856 e. The van der Waals surface area contributed by atoms with Crippen LogP contribution in [-0.2, 0) is 0 Å². The lowest BCUT2D eigenvalue weighted by Gasteiger charge is -2.20. The van der Waals surface area contributed by atoms with Gasteiger partial charge in [0.05, 0.1) is 30.9 Å². The van der Waals surface area contributed by atoms with Crippen LogP contribution in [0.1, 0.15) is 0 Å². The van der Waals surface area contributed by atoms with Gasteiger partial charge in [-0.1, -0.05) is 24.3 Å². The number of pyridine rings is 1. The van der Waals surface area contributed by atoms with Gasteiger partial charge in [0.15, 0.2) is 0 Å². The van der Waals surface area contributed by atoms with Crippen molar-refractivity contribution in [2.45, 2.75) is 5.54 Å². The summed E-state index contributed by atoms with van der Waals surface area (Å²) in [6.07, 6.45) is 1.81. The molecule has 0 radical (unpaired) electrons. The molecule has 1 heterocycles. The summed E-state index contributed by atoms with van der Waals surface area (Å²) in [5, 5.41) is 26.2. The van der Waals surface area contributed by atoms with E-state index in [1.54, 1.807) is 0 Å². The summed E-state index contributed by atoms with van der Waals surface area (Å²) in [5.74, 6) is 0. The predicted molar refractivity (Wildman–Crippen MR) is 69.9 cm³/mol. The first-order chi connectivity index (χ1) is 8.65. The molecule has 0 amide bonds. The SMILES string of the molecule is NC(CO)(CO)CO.c1ccc2ncccc2c1. The fourth-order valence-corrected chi connectivity index (χ4v) is 1.17. The Labute approximate surface area is 106 Å². The molecule has 0 aliphatic carbocycles. The Hall–Kier alpha value is -1.53. The van der Waals surface area contributed by atoms with E-state index in [4.69, 9.17) is 21.1 Å². The van der Waals surface area contributed by atoms with Crippen molar-refractivity contribution in [1.29, 1.82) is 0 Å². The third-order valence-electron chi connectivity index (χ3n) is 2.46. The summed E-state index contributed by atoms with van der Waals surface area (Å²) in [5.41, 5.74) is 5.00. The first-order valence-corrected chi connectivity index (χ1v) is 5.56. The number of benzene rings is 1. The molecule has 0 atom stereocenters. The standard InChI is InChI=1S/C9H7N.C4H11NO3/c1-2-6-9-8(4-1)5-3-7-10-9;5-4(1-6,2-7)3-8/h1-7H;6-8H,1-3,5H2. The number of rotatable bonds is 3. The van der Waals surface area contributed by atoms with Crippen LogP contribution in [0.3, 0.4) is 0 Å². The van der Waals surface area contributed by atoms with Gasteiger partial charge in [-0.15, -0.1) is 0 Å². The fraction of sp³-hybridized carbons (Fsp3) is 0.308. The van der Waals surface area contributed by atoms with Gasteiger partial charge >= 0.3 is 0 Å². The van der Waals surface area contributed by atoms with Crippen molar-refractivity contribution >= 4 is 10.9 Å². The van der Waals surface area contributed by atoms with Crippen LogP contribution >= 0.6 is 0 Å². The van der Waals surface area contributed by atoms with E-state index in [0.29, 0.717) is 0 Å². The van der Waals surface area contributed by atoms with Crippen LogP contribution < -0.4 is 5.73 Å². The van der Waals surface area contributed by atoms with Crippen molar-refractivity contribution in [3.05, 3.63) is 42.6 Å². The second-order valence-corrected chi connectivity index (χ2v) is 4.03. The van der Waals surface area contributed by atoms with Crippen molar-refractivity contribution in [2.24, 2.45) is 5.73 Å². The van der Waals surface area contributed by atoms with Gasteiger partial charge in [0.2, 0.25) is 0 Å². The summed E-state index contributed by atoms with van der Waals surface area (Å²) in [6.45, 7) is -1.21. The topological polar surface area (TPSA) is 99.6 Å². The zero-order chi connectivity index (χ0) is 13.4. The Kier molecular flexibility index (Phi) is 5.67. The smallest absolute Gasteiger partial charge is 0.0856 e. The van der Waals surface area contributed by atoms with Crippen LogP contribution in [0.5, 0.6) is 0 Å². The molecule has 2 aromatic rings. The lowest BCUT2D eigenvalue weighted by atomic mass is 10.1. The van der Waals surface area contributed by atoms with Gasteiger partial charge in [-0.2, -0.15) is 0 Å². The Morgan fingerprint density at radius 2 is 1.50 bits per heavy atom. The van der Waals surface area contributed by atoms with Crippen LogP contribution in [0.25, 0.3) is 10.9 Å². The molecule has 1 aromatic carbocycles. The highest BCUT2D eigenvalue weighted by atomic mass is 16.3. The number of aliphatic hydroxyl groups excluding tert-OH is 3. The predicted octanol–water partition coefficient (Wildman–Crippen LogP) is -0.104. The Morgan fingerprint density at radius 1 is 0.944 bits per heavy atom. The average molecular weight is 250 g/mol. The minimum Gasteiger partial charge on any atom is -0.394 e. The molecule has 1 aromatic heterocycles. The van der Waals surface area contributed by atoms with Crippen LogP contribution in [-0.4, -0.2) is 45.7 Å². The largest absolute Gasteiger partial charge is 0.394 e. The molecule has 0 unspecified atom stereocenters. The minimum atomic E-state index is -1.21. The molecule has 5 nitrogen and oxygen atoms in total. The normalized spacial score (nSPS) is 10.9. The van der Waals surface area contributed by atoms with Gasteiger partial charge in [-0.05, 0) is 12.1 Å². The number of nitrogens with two attached hydrogens (primary N) is 1. The summed E-state index contributed by atoms with van der Waals surface area (Å²) in [4.78, 5) is 4.18. The van der Waals surface area contributed by atoms with Crippen molar-refractivity contribution < 1.29 is 15.3 Å². The van der Waals surface area contributed by atoms with E-state index in [-0.39, 0.29) is 0 Å². The van der Waals surface area contributed by atoms with Crippen molar-refractivity contribution in [1.82, 2.24) is 4.98 Å². The number of para-hydroxylation sites is 1. The second-order valence-electron chi connectivity index (χ2n) is 4.03. The molecule has 0 aliphatic heterocycles. The van der Waals surface area contributed by atoms with Gasteiger partial charge in [-0.25, -0.2) is 0 Å². The highest BCUT2D eigenvalue weighted by Crippen LogP contribution is 2.07. The zero-order valence-corrected chi connectivity index (χ0v) is 10.0. The maximum atomic E-state index is 8.34. The van der Waals surface area contributed by atoms with Crippen molar-refractivity contribution in [3.63, 3.8) is 0 Å². The van der Waals surface area contributed by atoms with Gasteiger partial charge in [0.1, 0.15) is 0 Å². The fourth-order valence-electron chi connectivity index (χ4n) is 1.17. The highest BCUT2D eigenvalue weighted by Gasteiger charge is 2.20. The molecule has 5 N–H and O–H groups in total. The summed E-state index contributed by atoms with van der Waals surface area (Å²) < 4.78 is 0. The van der Waals surface area contributed by atoms with Crippen molar-refractivity contribution in [3.8, 4) is 0 Å². The molecule has 2 rings (SSSR count). The lowest BCUT2D eigenvalue weighted by molar-refractivity contribution is 0.0698. The molecular weight excluding hydrogens is 232 g/mol. The van der Waals surface area contributed by atoms with Gasteiger partial charge in [0, 0.05) is 11.6 Å². The quantitative estimate of drug-likeness (QED) is 0.609. The molecule has 18 heavy (non-hydrogen) atoms. The number of hydrogen-bond donors (Lipinski definition) is 4. The Morgan fingerprint density at radius 3 is 2.00 bits per heavy atom. The molecule has 0 spiro atoms. The van der Waals surface area contributed by atoms with Gasteiger partial charge < -0.3 is 21.1 Å². The number of fused-ring (bicyclic) bond motifs is 1. The molecule has 98 valence electrons. The van der Waals surface area contributed by atoms with E-state index in [2.05, 4.69) is 17.1 Å². The van der Waals surface area contributed by atoms with E-state index in [9.17, 15) is 0 Å². The van der Waals surface area contributed by atoms with E-state index in [1.807, 2.05) is 30.5 Å². The molecule has 0 saturated heterocycles. The zero-order valence-electron chi connectivity index (χ0n) is 10.0. The first kappa shape index (κ1) is 14.5. The number of aromatic nitrogens is 1. The van der Waals surface area contributed by atoms with Crippen LogP contribution in [0, 0.1) is 0 Å². The molecular formula is C13H18N2O3. The van der Waals surface area contributed by atoms with E-state index in [1.165, 1.54) is 5.39 Å². The first-order valence-electron chi connectivity index (χ1n) is 5.56. The maximum absolute atomic E-state index is 8.34. The molecule has 0 aliphatic rings. The molecule has 0 saturated carbocycles. The second kappa shape index (κ2) is 7.03. The Bertz CT molecular complexity index is 399. The van der Waals surface area contributed by atoms with Gasteiger partial charge in [-0.3, -0.25) is 4.98 Å². The summed E-state index contributed by atoms with van der Waals surface area (Å²) in [6, 6.07) is 12.1. The number of aliphatic hydroxyl groups is 3. The lowest BCUT2D eigenvalue weighted by Crippen LogP contribution is -2.50. The molecule has 5 heteroatoms. The minimum absolute atomic E-state index is 0.403. The van der Waals surface area contributed by atoms with Crippen LogP contribution in [0.15, 0.2) is 42.6 Å².